The summed E-state index contributed by atoms with van der Waals surface area (Å²) < 4.78 is 3.21. The van der Waals surface area contributed by atoms with Gasteiger partial charge in [0.15, 0.2) is 5.65 Å². The van der Waals surface area contributed by atoms with Gasteiger partial charge in [0.05, 0.1) is 22.6 Å². The Labute approximate surface area is 149 Å². The summed E-state index contributed by atoms with van der Waals surface area (Å²) in [4.78, 5) is 17.7. The zero-order valence-corrected chi connectivity index (χ0v) is 14.5. The van der Waals surface area contributed by atoms with Crippen molar-refractivity contribution in [3.63, 3.8) is 0 Å². The first-order chi connectivity index (χ1) is 12.1. The second-order valence-electron chi connectivity index (χ2n) is 5.88. The lowest BCUT2D eigenvalue weighted by Crippen LogP contribution is -2.22. The van der Waals surface area contributed by atoms with Gasteiger partial charge < -0.3 is 0 Å². The molecule has 5 nitrogen and oxygen atoms in total. The van der Waals surface area contributed by atoms with Crippen LogP contribution in [0.5, 0.6) is 0 Å². The first-order valence-electron chi connectivity index (χ1n) is 7.85. The van der Waals surface area contributed by atoms with Gasteiger partial charge in [-0.15, -0.1) is 0 Å². The van der Waals surface area contributed by atoms with Gasteiger partial charge >= 0.3 is 0 Å². The van der Waals surface area contributed by atoms with E-state index in [9.17, 15) is 4.79 Å². The lowest BCUT2D eigenvalue weighted by molar-refractivity contribution is 0.859. The highest BCUT2D eigenvalue weighted by Crippen LogP contribution is 2.22. The first-order valence-corrected chi connectivity index (χ1v) is 8.23. The van der Waals surface area contributed by atoms with Crippen LogP contribution in [0.2, 0.25) is 5.02 Å². The van der Waals surface area contributed by atoms with E-state index in [1.807, 2.05) is 56.3 Å². The maximum absolute atomic E-state index is 13.0. The van der Waals surface area contributed by atoms with Crippen LogP contribution in [-0.4, -0.2) is 19.3 Å². The first kappa shape index (κ1) is 15.6. The largest absolute Gasteiger partial charge is 0.269 e. The number of aryl methyl sites for hydroxylation is 2. The topological polar surface area (TPSA) is 52.7 Å². The van der Waals surface area contributed by atoms with Crippen LogP contribution in [0, 0.1) is 13.8 Å². The Hall–Kier alpha value is -2.92. The van der Waals surface area contributed by atoms with E-state index in [4.69, 9.17) is 11.6 Å². The van der Waals surface area contributed by atoms with Crippen LogP contribution < -0.4 is 5.56 Å². The van der Waals surface area contributed by atoms with E-state index in [2.05, 4.69) is 10.1 Å². The minimum atomic E-state index is -0.147. The molecule has 124 valence electrons. The number of hydrogen-bond acceptors (Lipinski definition) is 3. The van der Waals surface area contributed by atoms with Gasteiger partial charge in [-0.1, -0.05) is 35.9 Å². The summed E-state index contributed by atoms with van der Waals surface area (Å²) in [5, 5.41) is 5.34. The van der Waals surface area contributed by atoms with Crippen LogP contribution in [0.25, 0.3) is 22.4 Å². The molecule has 0 amide bonds. The molecular weight excluding hydrogens is 336 g/mol. The van der Waals surface area contributed by atoms with Crippen LogP contribution >= 0.6 is 11.6 Å². The maximum Gasteiger partial charge on any atom is 0.269 e. The molecule has 0 atom stereocenters. The molecule has 0 aliphatic carbocycles. The molecule has 25 heavy (non-hydrogen) atoms. The number of para-hydroxylation sites is 1. The van der Waals surface area contributed by atoms with Crippen molar-refractivity contribution in [3.05, 3.63) is 81.5 Å². The van der Waals surface area contributed by atoms with Crippen LogP contribution in [0.4, 0.5) is 0 Å². The van der Waals surface area contributed by atoms with Gasteiger partial charge in [-0.2, -0.15) is 5.10 Å². The van der Waals surface area contributed by atoms with Crippen molar-refractivity contribution in [2.75, 3.05) is 0 Å². The van der Waals surface area contributed by atoms with E-state index in [1.165, 1.54) is 0 Å². The molecule has 2 aromatic carbocycles. The summed E-state index contributed by atoms with van der Waals surface area (Å²) in [5.74, 6) is 0.594. The van der Waals surface area contributed by atoms with Crippen molar-refractivity contribution >= 4 is 22.6 Å². The molecule has 2 heterocycles. The number of rotatable bonds is 2. The van der Waals surface area contributed by atoms with Gasteiger partial charge in [0.25, 0.3) is 5.56 Å². The predicted octanol–water partition coefficient (Wildman–Crippen LogP) is 3.84. The fourth-order valence-electron chi connectivity index (χ4n) is 2.94. The summed E-state index contributed by atoms with van der Waals surface area (Å²) in [6, 6.07) is 15.1. The third-order valence-electron chi connectivity index (χ3n) is 4.11. The van der Waals surface area contributed by atoms with Gasteiger partial charge in [-0.25, -0.2) is 9.67 Å². The van der Waals surface area contributed by atoms with Crippen molar-refractivity contribution in [1.82, 2.24) is 19.3 Å². The Balaban J connectivity index is 2.00. The van der Waals surface area contributed by atoms with E-state index in [0.29, 0.717) is 27.6 Å². The van der Waals surface area contributed by atoms with E-state index in [-0.39, 0.29) is 5.56 Å². The molecule has 0 N–H and O–H groups in total. The van der Waals surface area contributed by atoms with E-state index < -0.39 is 0 Å². The Morgan fingerprint density at radius 1 is 1.04 bits per heavy atom. The van der Waals surface area contributed by atoms with Crippen molar-refractivity contribution in [2.24, 2.45) is 0 Å². The number of nitrogens with zero attached hydrogens (tertiary/aromatic N) is 4. The molecule has 0 aliphatic rings. The molecular formula is C19H15ClN4O. The standard InChI is InChI=1S/C19H15ClN4O/c1-12-6-5-7-14(10-12)23-13(2)22-18-15(19(23)25)11-21-24(18)17-9-4-3-8-16(17)20/h3-11H,1-2H3. The average Bonchev–Trinajstić information content (AvgIpc) is 2.99. The van der Waals surface area contributed by atoms with Gasteiger partial charge in [0.1, 0.15) is 11.2 Å². The quantitative estimate of drug-likeness (QED) is 0.552. The predicted molar refractivity (Wildman–Crippen MR) is 98.9 cm³/mol. The fraction of sp³-hybridized carbons (Fsp3) is 0.105. The minimum Gasteiger partial charge on any atom is -0.268 e. The smallest absolute Gasteiger partial charge is 0.268 e. The lowest BCUT2D eigenvalue weighted by atomic mass is 10.2. The van der Waals surface area contributed by atoms with Crippen molar-refractivity contribution < 1.29 is 0 Å². The normalized spacial score (nSPS) is 11.2. The zero-order chi connectivity index (χ0) is 17.6. The Kier molecular flexibility index (Phi) is 3.66. The van der Waals surface area contributed by atoms with Gasteiger partial charge in [0.2, 0.25) is 0 Å². The summed E-state index contributed by atoms with van der Waals surface area (Å²) in [5.41, 5.74) is 2.92. The highest BCUT2D eigenvalue weighted by Gasteiger charge is 2.16. The van der Waals surface area contributed by atoms with E-state index >= 15 is 0 Å². The summed E-state index contributed by atoms with van der Waals surface area (Å²) in [6.45, 7) is 3.80. The van der Waals surface area contributed by atoms with Crippen molar-refractivity contribution in [1.29, 1.82) is 0 Å². The Morgan fingerprint density at radius 2 is 1.84 bits per heavy atom. The molecule has 0 saturated heterocycles. The van der Waals surface area contributed by atoms with Crippen molar-refractivity contribution in [2.45, 2.75) is 13.8 Å². The molecule has 0 spiro atoms. The van der Waals surface area contributed by atoms with E-state index in [0.717, 1.165) is 11.3 Å². The number of halogens is 1. The monoisotopic (exact) mass is 350 g/mol. The Bertz CT molecular complexity index is 1160. The Morgan fingerprint density at radius 3 is 2.60 bits per heavy atom. The molecule has 0 unspecified atom stereocenters. The summed E-state index contributed by atoms with van der Waals surface area (Å²) >= 11 is 6.27. The van der Waals surface area contributed by atoms with Crippen LogP contribution in [0.15, 0.2) is 59.5 Å². The van der Waals surface area contributed by atoms with Crippen LogP contribution in [0.3, 0.4) is 0 Å². The molecule has 4 rings (SSSR count). The third-order valence-corrected chi connectivity index (χ3v) is 4.43. The molecule has 0 radical (unpaired) electrons. The molecule has 2 aromatic heterocycles. The number of aromatic nitrogens is 4. The second-order valence-corrected chi connectivity index (χ2v) is 6.29. The van der Waals surface area contributed by atoms with Gasteiger partial charge in [0, 0.05) is 0 Å². The molecule has 0 fully saturated rings. The SMILES string of the molecule is Cc1cccc(-n2c(C)nc3c(cnn3-c3ccccc3Cl)c2=O)c1. The molecule has 0 bridgehead atoms. The number of hydrogen-bond donors (Lipinski definition) is 0. The van der Waals surface area contributed by atoms with Crippen molar-refractivity contribution in [3.8, 4) is 11.4 Å². The maximum atomic E-state index is 13.0. The van der Waals surface area contributed by atoms with Gasteiger partial charge in [-0.3, -0.25) is 9.36 Å². The average molecular weight is 351 g/mol. The number of benzene rings is 2. The minimum absolute atomic E-state index is 0.147. The summed E-state index contributed by atoms with van der Waals surface area (Å²) in [7, 11) is 0. The van der Waals surface area contributed by atoms with E-state index in [1.54, 1.807) is 21.5 Å². The summed E-state index contributed by atoms with van der Waals surface area (Å²) in [6.07, 6.45) is 1.54. The van der Waals surface area contributed by atoms with Gasteiger partial charge in [-0.05, 0) is 43.7 Å². The third kappa shape index (κ3) is 2.53. The fourth-order valence-corrected chi connectivity index (χ4v) is 3.16. The second kappa shape index (κ2) is 5.86. The molecule has 4 aromatic rings. The molecule has 0 aliphatic heterocycles. The highest BCUT2D eigenvalue weighted by molar-refractivity contribution is 6.32. The lowest BCUT2D eigenvalue weighted by Gasteiger charge is -2.11. The van der Waals surface area contributed by atoms with Crippen LogP contribution in [0.1, 0.15) is 11.4 Å². The zero-order valence-electron chi connectivity index (χ0n) is 13.8. The molecule has 6 heteroatoms. The number of fused-ring (bicyclic) bond motifs is 1. The van der Waals surface area contributed by atoms with Crippen LogP contribution in [-0.2, 0) is 0 Å². The highest BCUT2D eigenvalue weighted by atomic mass is 35.5. The molecule has 0 saturated carbocycles.